The van der Waals surface area contributed by atoms with E-state index in [1.54, 1.807) is 0 Å². The quantitative estimate of drug-likeness (QED) is 0.532. The van der Waals surface area contributed by atoms with Crippen LogP contribution in [0.4, 0.5) is 0 Å². The van der Waals surface area contributed by atoms with Gasteiger partial charge in [0.25, 0.3) is 0 Å². The predicted octanol–water partition coefficient (Wildman–Crippen LogP) is 3.97. The summed E-state index contributed by atoms with van der Waals surface area (Å²) in [5.41, 5.74) is 3.98. The molecule has 3 aromatic rings. The molecule has 2 heterocycles. The van der Waals surface area contributed by atoms with Crippen LogP contribution in [0, 0.1) is 36.0 Å². The lowest BCUT2D eigenvalue weighted by Gasteiger charge is -2.17. The highest BCUT2D eigenvalue weighted by atomic mass is 16.7. The maximum atomic E-state index is 5.63. The van der Waals surface area contributed by atoms with E-state index >= 15 is 0 Å². The molecule has 0 saturated carbocycles. The Morgan fingerprint density at radius 2 is 1.00 bits per heavy atom. The van der Waals surface area contributed by atoms with Gasteiger partial charge in [-0.1, -0.05) is 29.6 Å². The minimum absolute atomic E-state index is 0.238. The van der Waals surface area contributed by atoms with E-state index in [1.807, 2.05) is 54.6 Å². The molecule has 0 amide bonds. The Morgan fingerprint density at radius 1 is 0.516 bits per heavy atom. The highest BCUT2D eigenvalue weighted by Crippen LogP contribution is 2.32. The summed E-state index contributed by atoms with van der Waals surface area (Å²) in [6, 6.07) is 16.9. The highest BCUT2D eigenvalue weighted by molar-refractivity contribution is 5.56. The van der Waals surface area contributed by atoms with E-state index in [4.69, 9.17) is 25.4 Å². The first-order valence-corrected chi connectivity index (χ1v) is 9.72. The number of fused-ring (bicyclic) bond motifs is 2. The fourth-order valence-electron chi connectivity index (χ4n) is 3.24. The first-order valence-electron chi connectivity index (χ1n) is 9.72. The van der Waals surface area contributed by atoms with Crippen molar-refractivity contribution in [2.75, 3.05) is 20.0 Å². The molecule has 0 fully saturated rings. The van der Waals surface area contributed by atoms with Gasteiger partial charge in [0, 0.05) is 27.8 Å². The lowest BCUT2D eigenvalue weighted by atomic mass is 10.1. The molecule has 0 aromatic heterocycles. The second-order valence-electron chi connectivity index (χ2n) is 6.87. The molecule has 148 valence electrons. The van der Waals surface area contributed by atoms with Crippen LogP contribution in [-0.2, 0) is 0 Å². The van der Waals surface area contributed by atoms with Gasteiger partial charge >= 0.3 is 0 Å². The molecule has 31 heavy (non-hydrogen) atoms. The minimum Gasteiger partial charge on any atom is -0.486 e. The third-order valence-corrected chi connectivity index (χ3v) is 4.72. The van der Waals surface area contributed by atoms with E-state index in [2.05, 4.69) is 29.6 Å². The average Bonchev–Trinajstić information content (AvgIpc) is 3.29. The van der Waals surface area contributed by atoms with Gasteiger partial charge < -0.3 is 18.9 Å². The molecule has 2 aliphatic rings. The van der Waals surface area contributed by atoms with E-state index in [-0.39, 0.29) is 6.79 Å². The summed E-state index contributed by atoms with van der Waals surface area (Å²) in [5.74, 6) is 18.2. The molecule has 0 atom stereocenters. The number of benzene rings is 3. The molecule has 4 nitrogen and oxygen atoms in total. The van der Waals surface area contributed by atoms with Crippen molar-refractivity contribution in [1.29, 1.82) is 0 Å². The predicted molar refractivity (Wildman–Crippen MR) is 116 cm³/mol. The zero-order valence-corrected chi connectivity index (χ0v) is 16.5. The van der Waals surface area contributed by atoms with E-state index in [0.717, 1.165) is 39.3 Å². The Labute approximate surface area is 180 Å². The lowest BCUT2D eigenvalue weighted by molar-refractivity contribution is 0.171. The number of hydrogen-bond donors (Lipinski definition) is 0. The monoisotopic (exact) mass is 404 g/mol. The Hall–Kier alpha value is -4.46. The molecule has 2 aliphatic heterocycles. The molecular weight excluding hydrogens is 388 g/mol. The SMILES string of the molecule is C#Cc1cc(C#Cc2ccc3c(c2)OCCO3)cc(C#Cc2ccc3c(c2)OCO3)c1. The van der Waals surface area contributed by atoms with Gasteiger partial charge in [-0.2, -0.15) is 0 Å². The van der Waals surface area contributed by atoms with Crippen molar-refractivity contribution in [1.82, 2.24) is 0 Å². The minimum atomic E-state index is 0.238. The van der Waals surface area contributed by atoms with Gasteiger partial charge in [0.2, 0.25) is 6.79 Å². The van der Waals surface area contributed by atoms with Crippen LogP contribution in [0.2, 0.25) is 0 Å². The van der Waals surface area contributed by atoms with Crippen LogP contribution in [-0.4, -0.2) is 20.0 Å². The molecule has 0 aliphatic carbocycles. The summed E-state index contributed by atoms with van der Waals surface area (Å²) < 4.78 is 21.9. The Kier molecular flexibility index (Phi) is 4.86. The van der Waals surface area contributed by atoms with E-state index in [1.165, 1.54) is 0 Å². The van der Waals surface area contributed by atoms with E-state index < -0.39 is 0 Å². The van der Waals surface area contributed by atoms with Gasteiger partial charge in [0.05, 0.1) is 0 Å². The van der Waals surface area contributed by atoms with Crippen molar-refractivity contribution in [2.45, 2.75) is 0 Å². The standard InChI is InChI=1S/C27H16O4/c1-2-19-13-22(5-3-20-7-9-24-26(16-20)29-12-11-28-24)15-23(14-19)6-4-21-8-10-25-27(17-21)31-18-30-25/h1,7-10,13-17H,11-12,18H2. The van der Waals surface area contributed by atoms with Crippen LogP contribution in [0.15, 0.2) is 54.6 Å². The summed E-state index contributed by atoms with van der Waals surface area (Å²) >= 11 is 0. The summed E-state index contributed by atoms with van der Waals surface area (Å²) in [5, 5.41) is 0. The second kappa shape index (κ2) is 8.11. The van der Waals surface area contributed by atoms with Gasteiger partial charge in [0.1, 0.15) is 13.2 Å². The van der Waals surface area contributed by atoms with E-state index in [0.29, 0.717) is 24.7 Å². The van der Waals surface area contributed by atoms with Crippen LogP contribution in [0.3, 0.4) is 0 Å². The largest absolute Gasteiger partial charge is 0.486 e. The number of terminal acetylenes is 1. The fourth-order valence-corrected chi connectivity index (χ4v) is 3.24. The Balaban J connectivity index is 1.42. The maximum absolute atomic E-state index is 5.63. The molecule has 5 rings (SSSR count). The van der Waals surface area contributed by atoms with Crippen LogP contribution in [0.1, 0.15) is 27.8 Å². The number of rotatable bonds is 0. The zero-order valence-electron chi connectivity index (χ0n) is 16.5. The topological polar surface area (TPSA) is 36.9 Å². The van der Waals surface area contributed by atoms with Crippen LogP contribution in [0.5, 0.6) is 23.0 Å². The first-order chi connectivity index (χ1) is 15.3. The molecule has 4 heteroatoms. The van der Waals surface area contributed by atoms with Gasteiger partial charge in [-0.15, -0.1) is 6.42 Å². The lowest BCUT2D eigenvalue weighted by Crippen LogP contribution is -2.15. The summed E-state index contributed by atoms with van der Waals surface area (Å²) in [6.45, 7) is 1.34. The molecule has 0 unspecified atom stereocenters. The maximum Gasteiger partial charge on any atom is 0.231 e. The van der Waals surface area contributed by atoms with Crippen molar-refractivity contribution in [3.8, 4) is 59.0 Å². The van der Waals surface area contributed by atoms with Crippen LogP contribution >= 0.6 is 0 Å². The van der Waals surface area contributed by atoms with Crippen molar-refractivity contribution < 1.29 is 18.9 Å². The van der Waals surface area contributed by atoms with Crippen molar-refractivity contribution in [3.63, 3.8) is 0 Å². The number of hydrogen-bond acceptors (Lipinski definition) is 4. The molecule has 3 aromatic carbocycles. The van der Waals surface area contributed by atoms with Crippen molar-refractivity contribution in [2.24, 2.45) is 0 Å². The molecule has 0 spiro atoms. The molecule has 0 saturated heterocycles. The first kappa shape index (κ1) is 18.6. The zero-order chi connectivity index (χ0) is 21.0. The third kappa shape index (κ3) is 4.13. The van der Waals surface area contributed by atoms with Gasteiger partial charge in [-0.05, 0) is 54.6 Å². The summed E-state index contributed by atoms with van der Waals surface area (Å²) in [7, 11) is 0. The molecule has 0 N–H and O–H groups in total. The molecular formula is C27H16O4. The Morgan fingerprint density at radius 3 is 1.65 bits per heavy atom. The molecule has 0 bridgehead atoms. The Bertz CT molecular complexity index is 1340. The van der Waals surface area contributed by atoms with Gasteiger partial charge in [-0.25, -0.2) is 0 Å². The normalized spacial score (nSPS) is 12.6. The third-order valence-electron chi connectivity index (χ3n) is 4.72. The summed E-state index contributed by atoms with van der Waals surface area (Å²) in [4.78, 5) is 0. The van der Waals surface area contributed by atoms with Gasteiger partial charge in [-0.3, -0.25) is 0 Å². The average molecular weight is 404 g/mol. The molecule has 0 radical (unpaired) electrons. The smallest absolute Gasteiger partial charge is 0.231 e. The van der Waals surface area contributed by atoms with Crippen molar-refractivity contribution >= 4 is 0 Å². The van der Waals surface area contributed by atoms with Crippen LogP contribution in [0.25, 0.3) is 0 Å². The second-order valence-corrected chi connectivity index (χ2v) is 6.87. The van der Waals surface area contributed by atoms with Crippen LogP contribution < -0.4 is 18.9 Å². The number of ether oxygens (including phenoxy) is 4. The summed E-state index contributed by atoms with van der Waals surface area (Å²) in [6.07, 6.45) is 5.63. The fraction of sp³-hybridized carbons (Fsp3) is 0.111. The van der Waals surface area contributed by atoms with Crippen molar-refractivity contribution in [3.05, 3.63) is 82.4 Å². The van der Waals surface area contributed by atoms with E-state index in [9.17, 15) is 0 Å². The van der Waals surface area contributed by atoms with Gasteiger partial charge in [0.15, 0.2) is 23.0 Å². The highest BCUT2D eigenvalue weighted by Gasteiger charge is 2.12.